The molecule has 1 atom stereocenters. The molecule has 0 unspecified atom stereocenters. The number of nitrogens with zero attached hydrogens (tertiary/aromatic N) is 2. The molecule has 19 heavy (non-hydrogen) atoms. The fourth-order valence-electron chi connectivity index (χ4n) is 2.49. The number of piperazine rings is 1. The lowest BCUT2D eigenvalue weighted by atomic mass is 10.0. The Morgan fingerprint density at radius 1 is 1.32 bits per heavy atom. The fraction of sp³-hybridized carbons (Fsp3) is 0.533. The number of nitriles is 1. The van der Waals surface area contributed by atoms with Crippen LogP contribution in [-0.2, 0) is 0 Å². The second-order valence-corrected chi connectivity index (χ2v) is 4.67. The fourth-order valence-corrected chi connectivity index (χ4v) is 2.49. The highest BCUT2D eigenvalue weighted by atomic mass is 16.5. The molecule has 0 radical (unpaired) electrons. The molecule has 2 rings (SSSR count). The molecule has 1 aliphatic rings. The number of hydrogen-bond acceptors (Lipinski definition) is 4. The zero-order chi connectivity index (χ0) is 13.5. The highest BCUT2D eigenvalue weighted by Gasteiger charge is 2.21. The van der Waals surface area contributed by atoms with Crippen LogP contribution in [0.2, 0.25) is 0 Å². The second-order valence-electron chi connectivity index (χ2n) is 4.67. The highest BCUT2D eigenvalue weighted by Crippen LogP contribution is 2.26. The Labute approximate surface area is 115 Å². The zero-order valence-corrected chi connectivity index (χ0v) is 11.4. The third-order valence-corrected chi connectivity index (χ3v) is 3.45. The number of benzene rings is 1. The first-order valence-electron chi connectivity index (χ1n) is 6.89. The summed E-state index contributed by atoms with van der Waals surface area (Å²) < 4.78 is 5.46. The minimum Gasteiger partial charge on any atom is -0.494 e. The number of ether oxygens (including phenoxy) is 1. The van der Waals surface area contributed by atoms with Crippen LogP contribution >= 0.6 is 0 Å². The van der Waals surface area contributed by atoms with Gasteiger partial charge >= 0.3 is 0 Å². The van der Waals surface area contributed by atoms with E-state index in [1.807, 2.05) is 19.1 Å². The van der Waals surface area contributed by atoms with Crippen LogP contribution in [0.15, 0.2) is 24.3 Å². The minimum atomic E-state index is 0.197. The molecule has 0 aromatic heterocycles. The molecule has 1 aliphatic heterocycles. The van der Waals surface area contributed by atoms with Crippen LogP contribution in [0, 0.1) is 11.3 Å². The summed E-state index contributed by atoms with van der Waals surface area (Å²) in [5.41, 5.74) is 1.20. The minimum absolute atomic E-state index is 0.197. The Balaban J connectivity index is 2.11. The molecule has 4 nitrogen and oxygen atoms in total. The molecular formula is C15H21N3O. The van der Waals surface area contributed by atoms with Gasteiger partial charge in [0, 0.05) is 32.2 Å². The van der Waals surface area contributed by atoms with Crippen molar-refractivity contribution < 1.29 is 4.74 Å². The van der Waals surface area contributed by atoms with Crippen LogP contribution in [0.25, 0.3) is 0 Å². The molecule has 0 spiro atoms. The quantitative estimate of drug-likeness (QED) is 0.878. The number of hydrogen-bond donors (Lipinski definition) is 1. The van der Waals surface area contributed by atoms with E-state index < -0.39 is 0 Å². The van der Waals surface area contributed by atoms with Gasteiger partial charge in [0.15, 0.2) is 0 Å². The van der Waals surface area contributed by atoms with Gasteiger partial charge in [-0.25, -0.2) is 0 Å². The largest absolute Gasteiger partial charge is 0.494 e. The van der Waals surface area contributed by atoms with Crippen molar-refractivity contribution in [3.63, 3.8) is 0 Å². The van der Waals surface area contributed by atoms with Crippen LogP contribution in [0.1, 0.15) is 24.9 Å². The predicted molar refractivity (Wildman–Crippen MR) is 75.0 cm³/mol. The summed E-state index contributed by atoms with van der Waals surface area (Å²) in [5, 5.41) is 12.4. The van der Waals surface area contributed by atoms with Crippen molar-refractivity contribution in [3.8, 4) is 11.8 Å². The molecule has 1 fully saturated rings. The Morgan fingerprint density at radius 2 is 2.00 bits per heavy atom. The monoisotopic (exact) mass is 259 g/mol. The van der Waals surface area contributed by atoms with Crippen LogP contribution in [0.5, 0.6) is 5.75 Å². The maximum atomic E-state index is 9.05. The summed E-state index contributed by atoms with van der Waals surface area (Å²) in [5.74, 6) is 0.891. The lowest BCUT2D eigenvalue weighted by Gasteiger charge is -2.34. The normalized spacial score (nSPS) is 17.7. The van der Waals surface area contributed by atoms with E-state index in [2.05, 4.69) is 28.4 Å². The van der Waals surface area contributed by atoms with Gasteiger partial charge in [-0.15, -0.1) is 0 Å². The van der Waals surface area contributed by atoms with Crippen molar-refractivity contribution in [1.82, 2.24) is 10.2 Å². The van der Waals surface area contributed by atoms with Gasteiger partial charge in [0.25, 0.3) is 0 Å². The Morgan fingerprint density at radius 3 is 2.58 bits per heavy atom. The van der Waals surface area contributed by atoms with E-state index in [-0.39, 0.29) is 6.04 Å². The van der Waals surface area contributed by atoms with E-state index in [4.69, 9.17) is 10.00 Å². The first kappa shape index (κ1) is 13.9. The molecule has 0 aliphatic carbocycles. The van der Waals surface area contributed by atoms with Gasteiger partial charge in [0.2, 0.25) is 0 Å². The second kappa shape index (κ2) is 7.13. The first-order chi connectivity index (χ1) is 9.35. The smallest absolute Gasteiger partial charge is 0.119 e. The summed E-state index contributed by atoms with van der Waals surface area (Å²) in [7, 11) is 0. The summed E-state index contributed by atoms with van der Waals surface area (Å²) >= 11 is 0. The van der Waals surface area contributed by atoms with Crippen LogP contribution in [-0.4, -0.2) is 37.7 Å². The van der Waals surface area contributed by atoms with E-state index in [0.29, 0.717) is 13.0 Å². The van der Waals surface area contributed by atoms with Crippen molar-refractivity contribution in [3.05, 3.63) is 29.8 Å². The molecule has 1 heterocycles. The predicted octanol–water partition coefficient (Wildman–Crippen LogP) is 1.95. The molecule has 1 saturated heterocycles. The number of rotatable bonds is 5. The number of nitrogens with one attached hydrogen (secondary N) is 1. The van der Waals surface area contributed by atoms with Crippen molar-refractivity contribution in [2.75, 3.05) is 32.8 Å². The van der Waals surface area contributed by atoms with E-state index in [1.54, 1.807) is 0 Å². The van der Waals surface area contributed by atoms with Gasteiger partial charge in [-0.05, 0) is 24.6 Å². The van der Waals surface area contributed by atoms with Gasteiger partial charge in [0.1, 0.15) is 5.75 Å². The van der Waals surface area contributed by atoms with Gasteiger partial charge in [0.05, 0.1) is 19.1 Å². The van der Waals surface area contributed by atoms with E-state index in [0.717, 1.165) is 31.9 Å². The molecule has 102 valence electrons. The van der Waals surface area contributed by atoms with Gasteiger partial charge in [-0.3, -0.25) is 4.90 Å². The average Bonchev–Trinajstić information content (AvgIpc) is 2.47. The average molecular weight is 259 g/mol. The highest BCUT2D eigenvalue weighted by molar-refractivity contribution is 5.29. The summed E-state index contributed by atoms with van der Waals surface area (Å²) in [6.07, 6.45) is 0.536. The standard InChI is InChI=1S/C15H21N3O/c1-2-19-14-5-3-13(4-6-14)15(7-8-16)18-11-9-17-10-12-18/h3-6,15,17H,2,7,9-12H2,1H3/t15-/m1/s1. The molecule has 1 N–H and O–H groups in total. The Bertz CT molecular complexity index is 418. The van der Waals surface area contributed by atoms with Crippen molar-refractivity contribution in [1.29, 1.82) is 5.26 Å². The van der Waals surface area contributed by atoms with Crippen molar-refractivity contribution in [2.24, 2.45) is 0 Å². The topological polar surface area (TPSA) is 48.3 Å². The Hall–Kier alpha value is -1.57. The molecule has 1 aromatic carbocycles. The Kier molecular flexibility index (Phi) is 5.20. The third kappa shape index (κ3) is 3.69. The zero-order valence-electron chi connectivity index (χ0n) is 11.4. The molecule has 1 aromatic rings. The van der Waals surface area contributed by atoms with Gasteiger partial charge in [-0.1, -0.05) is 12.1 Å². The SMILES string of the molecule is CCOc1ccc([C@@H](CC#N)N2CCNCC2)cc1. The first-order valence-corrected chi connectivity index (χ1v) is 6.89. The van der Waals surface area contributed by atoms with E-state index >= 15 is 0 Å². The van der Waals surface area contributed by atoms with Crippen LogP contribution in [0.4, 0.5) is 0 Å². The van der Waals surface area contributed by atoms with Crippen molar-refractivity contribution in [2.45, 2.75) is 19.4 Å². The third-order valence-electron chi connectivity index (χ3n) is 3.45. The van der Waals surface area contributed by atoms with Gasteiger partial charge < -0.3 is 10.1 Å². The molecule has 0 saturated carbocycles. The van der Waals surface area contributed by atoms with E-state index in [1.165, 1.54) is 5.56 Å². The van der Waals surface area contributed by atoms with Crippen LogP contribution < -0.4 is 10.1 Å². The van der Waals surface area contributed by atoms with E-state index in [9.17, 15) is 0 Å². The van der Waals surface area contributed by atoms with Crippen molar-refractivity contribution >= 4 is 0 Å². The summed E-state index contributed by atoms with van der Waals surface area (Å²) in [6, 6.07) is 10.6. The molecular weight excluding hydrogens is 238 g/mol. The summed E-state index contributed by atoms with van der Waals surface area (Å²) in [4.78, 5) is 2.38. The maximum absolute atomic E-state index is 9.05. The summed E-state index contributed by atoms with van der Waals surface area (Å²) in [6.45, 7) is 6.66. The molecule has 4 heteroatoms. The maximum Gasteiger partial charge on any atom is 0.119 e. The molecule has 0 amide bonds. The molecule has 0 bridgehead atoms. The lowest BCUT2D eigenvalue weighted by molar-refractivity contribution is 0.175. The lowest BCUT2D eigenvalue weighted by Crippen LogP contribution is -2.45. The van der Waals surface area contributed by atoms with Gasteiger partial charge in [-0.2, -0.15) is 5.26 Å². The van der Waals surface area contributed by atoms with Crippen LogP contribution in [0.3, 0.4) is 0 Å².